The summed E-state index contributed by atoms with van der Waals surface area (Å²) in [6.07, 6.45) is 0.806. The molecular formula is C10H9BrClN3S. The van der Waals surface area contributed by atoms with Crippen LogP contribution < -0.4 is 0 Å². The topological polar surface area (TPSA) is 33.6 Å². The number of aromatic amines is 1. The van der Waals surface area contributed by atoms with Crippen LogP contribution in [0.3, 0.4) is 0 Å². The van der Waals surface area contributed by atoms with Gasteiger partial charge in [0.25, 0.3) is 0 Å². The maximum Gasteiger partial charge on any atom is 0.199 e. The van der Waals surface area contributed by atoms with Gasteiger partial charge in [0, 0.05) is 10.9 Å². The van der Waals surface area contributed by atoms with Crippen molar-refractivity contribution in [2.24, 2.45) is 0 Å². The van der Waals surface area contributed by atoms with Crippen LogP contribution in [0.4, 0.5) is 0 Å². The Balaban J connectivity index is 2.62. The summed E-state index contributed by atoms with van der Waals surface area (Å²) in [7, 11) is 0. The molecule has 0 atom stereocenters. The summed E-state index contributed by atoms with van der Waals surface area (Å²) in [4.78, 5) is 0. The lowest BCUT2D eigenvalue weighted by molar-refractivity contribution is 0.880. The van der Waals surface area contributed by atoms with E-state index in [-0.39, 0.29) is 0 Å². The Bertz CT molecular complexity index is 576. The van der Waals surface area contributed by atoms with Crippen molar-refractivity contribution >= 4 is 39.7 Å². The highest BCUT2D eigenvalue weighted by Crippen LogP contribution is 2.25. The van der Waals surface area contributed by atoms with Gasteiger partial charge in [0.2, 0.25) is 0 Å². The average Bonchev–Trinajstić information content (AvgIpc) is 2.64. The van der Waals surface area contributed by atoms with E-state index in [4.69, 9.17) is 23.8 Å². The monoisotopic (exact) mass is 317 g/mol. The Morgan fingerprint density at radius 2 is 2.31 bits per heavy atom. The standard InChI is InChI=1S/C10H9BrClN3S/c1-2-9-13-14-10(16)15(9)6-3-4-7(11)8(12)5-6/h3-5H,2H2,1H3,(H,14,16). The van der Waals surface area contributed by atoms with E-state index >= 15 is 0 Å². The number of aromatic nitrogens is 3. The molecule has 1 aromatic heterocycles. The minimum atomic E-state index is 0.579. The quantitative estimate of drug-likeness (QED) is 0.852. The molecule has 2 rings (SSSR count). The van der Waals surface area contributed by atoms with Gasteiger partial charge < -0.3 is 0 Å². The van der Waals surface area contributed by atoms with Gasteiger partial charge in [-0.15, -0.1) is 0 Å². The Hall–Kier alpha value is -0.650. The zero-order valence-corrected chi connectivity index (χ0v) is 11.7. The fourth-order valence-corrected chi connectivity index (χ4v) is 2.13. The van der Waals surface area contributed by atoms with Crippen molar-refractivity contribution in [3.05, 3.63) is 38.3 Å². The van der Waals surface area contributed by atoms with Gasteiger partial charge in [-0.3, -0.25) is 9.67 Å². The number of nitrogens with one attached hydrogen (secondary N) is 1. The fraction of sp³-hybridized carbons (Fsp3) is 0.200. The molecule has 0 spiro atoms. The molecule has 6 heteroatoms. The zero-order chi connectivity index (χ0) is 11.7. The third-order valence-corrected chi connectivity index (χ3v) is 3.73. The van der Waals surface area contributed by atoms with E-state index in [1.165, 1.54) is 0 Å². The van der Waals surface area contributed by atoms with Crippen molar-refractivity contribution < 1.29 is 0 Å². The molecule has 0 aliphatic heterocycles. The van der Waals surface area contributed by atoms with Crippen LogP contribution in [-0.4, -0.2) is 14.8 Å². The SMILES string of the molecule is CCc1n[nH]c(=S)n1-c1ccc(Br)c(Cl)c1. The van der Waals surface area contributed by atoms with Crippen molar-refractivity contribution in [1.82, 2.24) is 14.8 Å². The summed E-state index contributed by atoms with van der Waals surface area (Å²) in [6, 6.07) is 5.70. The molecule has 1 heterocycles. The van der Waals surface area contributed by atoms with Crippen LogP contribution in [0, 0.1) is 4.77 Å². The molecule has 2 aromatic rings. The van der Waals surface area contributed by atoms with Gasteiger partial charge in [-0.1, -0.05) is 18.5 Å². The molecule has 1 aromatic carbocycles. The Morgan fingerprint density at radius 1 is 1.56 bits per heavy atom. The Kier molecular flexibility index (Phi) is 3.47. The molecule has 0 saturated carbocycles. The van der Waals surface area contributed by atoms with Crippen LogP contribution in [0.15, 0.2) is 22.7 Å². The van der Waals surface area contributed by atoms with E-state index < -0.39 is 0 Å². The maximum atomic E-state index is 6.05. The molecule has 0 unspecified atom stereocenters. The van der Waals surface area contributed by atoms with E-state index in [0.717, 1.165) is 22.4 Å². The van der Waals surface area contributed by atoms with Crippen LogP contribution in [0.1, 0.15) is 12.7 Å². The van der Waals surface area contributed by atoms with Gasteiger partial charge >= 0.3 is 0 Å². The highest BCUT2D eigenvalue weighted by molar-refractivity contribution is 9.10. The lowest BCUT2D eigenvalue weighted by Crippen LogP contribution is -2.00. The van der Waals surface area contributed by atoms with E-state index in [1.807, 2.05) is 29.7 Å². The number of benzene rings is 1. The van der Waals surface area contributed by atoms with Gasteiger partial charge in [0.15, 0.2) is 4.77 Å². The van der Waals surface area contributed by atoms with Crippen LogP contribution >= 0.6 is 39.7 Å². The molecule has 0 saturated heterocycles. The minimum absolute atomic E-state index is 0.579. The second kappa shape index (κ2) is 4.69. The molecule has 0 fully saturated rings. The van der Waals surface area contributed by atoms with Crippen LogP contribution in [0.5, 0.6) is 0 Å². The van der Waals surface area contributed by atoms with E-state index in [2.05, 4.69) is 26.1 Å². The summed E-state index contributed by atoms with van der Waals surface area (Å²) < 4.78 is 3.33. The van der Waals surface area contributed by atoms with Gasteiger partial charge in [-0.2, -0.15) is 5.10 Å². The number of halogens is 2. The van der Waals surface area contributed by atoms with Crippen molar-refractivity contribution in [1.29, 1.82) is 0 Å². The van der Waals surface area contributed by atoms with Gasteiger partial charge in [0.1, 0.15) is 5.82 Å². The number of H-pyrrole nitrogens is 1. The molecule has 0 aliphatic carbocycles. The number of aryl methyl sites for hydroxylation is 1. The smallest absolute Gasteiger partial charge is 0.199 e. The second-order valence-corrected chi connectivity index (χ2v) is 4.88. The summed E-state index contributed by atoms with van der Waals surface area (Å²) in [5, 5.41) is 7.59. The third-order valence-electron chi connectivity index (χ3n) is 2.22. The number of rotatable bonds is 2. The molecule has 16 heavy (non-hydrogen) atoms. The predicted molar refractivity (Wildman–Crippen MR) is 70.8 cm³/mol. The van der Waals surface area contributed by atoms with E-state index in [1.54, 1.807) is 0 Å². The number of hydrogen-bond donors (Lipinski definition) is 1. The summed E-state index contributed by atoms with van der Waals surface area (Å²) in [5.74, 6) is 0.892. The third kappa shape index (κ3) is 2.07. The van der Waals surface area contributed by atoms with Gasteiger partial charge in [-0.05, 0) is 46.3 Å². The van der Waals surface area contributed by atoms with Crippen molar-refractivity contribution in [3.8, 4) is 5.69 Å². The molecule has 84 valence electrons. The summed E-state index contributed by atoms with van der Waals surface area (Å²) in [6.45, 7) is 2.03. The Labute approximate surface area is 112 Å². The minimum Gasteiger partial charge on any atom is -0.272 e. The molecule has 0 radical (unpaired) electrons. The first-order valence-electron chi connectivity index (χ1n) is 4.75. The summed E-state index contributed by atoms with van der Waals surface area (Å²) >= 11 is 14.6. The lowest BCUT2D eigenvalue weighted by Gasteiger charge is -2.06. The predicted octanol–water partition coefficient (Wildman–Crippen LogP) is 3.91. The largest absolute Gasteiger partial charge is 0.272 e. The average molecular weight is 319 g/mol. The molecule has 0 amide bonds. The normalized spacial score (nSPS) is 10.7. The summed E-state index contributed by atoms with van der Waals surface area (Å²) in [5.41, 5.74) is 0.920. The second-order valence-electron chi connectivity index (χ2n) is 3.23. The molecular weight excluding hydrogens is 310 g/mol. The van der Waals surface area contributed by atoms with Crippen molar-refractivity contribution in [2.45, 2.75) is 13.3 Å². The molecule has 3 nitrogen and oxygen atoms in total. The van der Waals surface area contributed by atoms with Gasteiger partial charge in [-0.25, -0.2) is 0 Å². The highest BCUT2D eigenvalue weighted by atomic mass is 79.9. The number of hydrogen-bond acceptors (Lipinski definition) is 2. The van der Waals surface area contributed by atoms with Crippen LogP contribution in [-0.2, 0) is 6.42 Å². The van der Waals surface area contributed by atoms with Gasteiger partial charge in [0.05, 0.1) is 10.7 Å². The Morgan fingerprint density at radius 3 is 2.94 bits per heavy atom. The first-order valence-corrected chi connectivity index (χ1v) is 6.33. The zero-order valence-electron chi connectivity index (χ0n) is 8.50. The highest BCUT2D eigenvalue weighted by Gasteiger charge is 2.07. The van der Waals surface area contributed by atoms with Crippen molar-refractivity contribution in [3.63, 3.8) is 0 Å². The van der Waals surface area contributed by atoms with E-state index in [9.17, 15) is 0 Å². The lowest BCUT2D eigenvalue weighted by atomic mass is 10.3. The molecule has 0 bridgehead atoms. The molecule has 0 aliphatic rings. The first-order chi connectivity index (χ1) is 7.63. The van der Waals surface area contributed by atoms with E-state index in [0.29, 0.717) is 9.79 Å². The maximum absolute atomic E-state index is 6.05. The first kappa shape index (κ1) is 11.8. The van der Waals surface area contributed by atoms with Crippen LogP contribution in [0.25, 0.3) is 5.69 Å². The van der Waals surface area contributed by atoms with Crippen LogP contribution in [0.2, 0.25) is 5.02 Å². The van der Waals surface area contributed by atoms with Crippen molar-refractivity contribution in [2.75, 3.05) is 0 Å². The fourth-order valence-electron chi connectivity index (χ4n) is 1.46. The molecule has 1 N–H and O–H groups in total. The number of nitrogens with zero attached hydrogens (tertiary/aromatic N) is 2.